The second kappa shape index (κ2) is 5.76. The monoisotopic (exact) mass is 332 g/mol. The maximum Gasteiger partial charge on any atom is 0.262 e. The van der Waals surface area contributed by atoms with Gasteiger partial charge in [-0.3, -0.25) is 4.72 Å². The lowest BCUT2D eigenvalue weighted by Crippen LogP contribution is -2.15. The molecule has 0 unspecified atom stereocenters. The summed E-state index contributed by atoms with van der Waals surface area (Å²) in [6, 6.07) is 4.59. The van der Waals surface area contributed by atoms with Crippen molar-refractivity contribution in [1.82, 2.24) is 0 Å². The number of nitrogen functional groups attached to an aromatic ring is 1. The quantitative estimate of drug-likeness (QED) is 0.843. The molecule has 0 aliphatic rings. The Labute approximate surface area is 124 Å². The molecule has 0 aliphatic carbocycles. The van der Waals surface area contributed by atoms with E-state index in [1.807, 2.05) is 4.72 Å². The molecule has 0 bridgehead atoms. The van der Waals surface area contributed by atoms with E-state index < -0.39 is 43.7 Å². The van der Waals surface area contributed by atoms with E-state index in [1.165, 1.54) is 7.11 Å². The fourth-order valence-corrected chi connectivity index (χ4v) is 2.74. The average molecular weight is 332 g/mol. The number of hydrogen-bond donors (Lipinski definition) is 2. The van der Waals surface area contributed by atoms with Crippen molar-refractivity contribution in [3.05, 3.63) is 47.8 Å². The molecule has 5 nitrogen and oxygen atoms in total. The summed E-state index contributed by atoms with van der Waals surface area (Å²) in [5, 5.41) is 0. The van der Waals surface area contributed by atoms with Gasteiger partial charge in [0.15, 0.2) is 17.4 Å². The summed E-state index contributed by atoms with van der Waals surface area (Å²) in [5.41, 5.74) is 3.78. The van der Waals surface area contributed by atoms with Gasteiger partial charge in [-0.2, -0.15) is 0 Å². The SMILES string of the molecule is COc1ccc(S(=O)(=O)Nc2ccc(F)c(N)c2F)cc1F. The summed E-state index contributed by atoms with van der Waals surface area (Å²) in [5.74, 6) is -3.31. The molecule has 0 amide bonds. The topological polar surface area (TPSA) is 81.4 Å². The summed E-state index contributed by atoms with van der Waals surface area (Å²) >= 11 is 0. The van der Waals surface area contributed by atoms with Crippen molar-refractivity contribution < 1.29 is 26.3 Å². The molecule has 3 N–H and O–H groups in total. The Balaban J connectivity index is 2.40. The van der Waals surface area contributed by atoms with E-state index in [9.17, 15) is 21.6 Å². The Bertz CT molecular complexity index is 826. The molecule has 0 aliphatic heterocycles. The molecular weight excluding hydrogens is 321 g/mol. The van der Waals surface area contributed by atoms with Crippen LogP contribution >= 0.6 is 0 Å². The first-order chi connectivity index (χ1) is 10.3. The van der Waals surface area contributed by atoms with Crippen LogP contribution < -0.4 is 15.2 Å². The molecule has 22 heavy (non-hydrogen) atoms. The van der Waals surface area contributed by atoms with E-state index in [0.717, 1.165) is 24.3 Å². The Morgan fingerprint density at radius 3 is 2.36 bits per heavy atom. The highest BCUT2D eigenvalue weighted by Crippen LogP contribution is 2.26. The number of rotatable bonds is 4. The first kappa shape index (κ1) is 16.0. The van der Waals surface area contributed by atoms with E-state index in [-0.39, 0.29) is 5.75 Å². The maximum atomic E-state index is 13.7. The van der Waals surface area contributed by atoms with Crippen LogP contribution in [0.4, 0.5) is 24.5 Å². The van der Waals surface area contributed by atoms with Crippen LogP contribution in [0.15, 0.2) is 35.2 Å². The normalized spacial score (nSPS) is 11.3. The number of hydrogen-bond acceptors (Lipinski definition) is 4. The third kappa shape index (κ3) is 2.93. The zero-order valence-corrected chi connectivity index (χ0v) is 12.0. The third-order valence-electron chi connectivity index (χ3n) is 2.80. The van der Waals surface area contributed by atoms with Crippen molar-refractivity contribution in [1.29, 1.82) is 0 Å². The molecule has 0 radical (unpaired) electrons. The second-order valence-corrected chi connectivity index (χ2v) is 5.91. The van der Waals surface area contributed by atoms with Gasteiger partial charge in [-0.05, 0) is 30.3 Å². The van der Waals surface area contributed by atoms with Gasteiger partial charge in [-0.15, -0.1) is 0 Å². The van der Waals surface area contributed by atoms with Crippen molar-refractivity contribution in [3.8, 4) is 5.75 Å². The summed E-state index contributed by atoms with van der Waals surface area (Å²) in [7, 11) is -3.05. The van der Waals surface area contributed by atoms with E-state index >= 15 is 0 Å². The predicted molar refractivity (Wildman–Crippen MR) is 74.5 cm³/mol. The lowest BCUT2D eigenvalue weighted by Gasteiger charge is -2.11. The van der Waals surface area contributed by atoms with Crippen molar-refractivity contribution in [3.63, 3.8) is 0 Å². The van der Waals surface area contributed by atoms with E-state index in [0.29, 0.717) is 6.07 Å². The van der Waals surface area contributed by atoms with Gasteiger partial charge in [0.25, 0.3) is 10.0 Å². The molecule has 9 heteroatoms. The highest BCUT2D eigenvalue weighted by molar-refractivity contribution is 7.92. The number of nitrogens with one attached hydrogen (secondary N) is 1. The number of nitrogens with two attached hydrogens (primary N) is 1. The van der Waals surface area contributed by atoms with Gasteiger partial charge in [-0.25, -0.2) is 21.6 Å². The number of methoxy groups -OCH3 is 1. The van der Waals surface area contributed by atoms with Crippen molar-refractivity contribution in [2.45, 2.75) is 4.90 Å². The Morgan fingerprint density at radius 2 is 1.77 bits per heavy atom. The van der Waals surface area contributed by atoms with Crippen LogP contribution in [0.3, 0.4) is 0 Å². The van der Waals surface area contributed by atoms with E-state index in [1.54, 1.807) is 0 Å². The lowest BCUT2D eigenvalue weighted by atomic mass is 10.2. The molecule has 0 fully saturated rings. The average Bonchev–Trinajstić information content (AvgIpc) is 2.48. The minimum atomic E-state index is -4.28. The zero-order chi connectivity index (χ0) is 16.5. The number of ether oxygens (including phenoxy) is 1. The molecule has 2 aromatic carbocycles. The van der Waals surface area contributed by atoms with Gasteiger partial charge in [0.2, 0.25) is 0 Å². The van der Waals surface area contributed by atoms with Crippen LogP contribution in [-0.4, -0.2) is 15.5 Å². The van der Waals surface area contributed by atoms with Crippen molar-refractivity contribution in [2.24, 2.45) is 0 Å². The standard InChI is InChI=1S/C13H11F3N2O3S/c1-21-11-5-2-7(6-9(11)15)22(19,20)18-10-4-3-8(14)13(17)12(10)16/h2-6,18H,17H2,1H3. The van der Waals surface area contributed by atoms with Gasteiger partial charge in [-0.1, -0.05) is 0 Å². The number of halogens is 3. The smallest absolute Gasteiger partial charge is 0.262 e. The predicted octanol–water partition coefficient (Wildman–Crippen LogP) is 2.50. The Kier molecular flexibility index (Phi) is 4.18. The van der Waals surface area contributed by atoms with Crippen molar-refractivity contribution in [2.75, 3.05) is 17.6 Å². The summed E-state index contributed by atoms with van der Waals surface area (Å²) in [6.07, 6.45) is 0. The zero-order valence-electron chi connectivity index (χ0n) is 11.2. The van der Waals surface area contributed by atoms with E-state index in [4.69, 9.17) is 5.73 Å². The van der Waals surface area contributed by atoms with Crippen LogP contribution in [0, 0.1) is 17.5 Å². The second-order valence-electron chi connectivity index (χ2n) is 4.22. The fourth-order valence-electron chi connectivity index (χ4n) is 1.67. The Morgan fingerprint density at radius 1 is 1.09 bits per heavy atom. The molecule has 0 saturated heterocycles. The van der Waals surface area contributed by atoms with Gasteiger partial charge >= 0.3 is 0 Å². The molecule has 118 valence electrons. The van der Waals surface area contributed by atoms with E-state index in [2.05, 4.69) is 4.74 Å². The van der Waals surface area contributed by atoms with Gasteiger partial charge in [0.05, 0.1) is 17.7 Å². The molecule has 0 atom stereocenters. The molecule has 0 aromatic heterocycles. The molecular formula is C13H11F3N2O3S. The molecule has 0 spiro atoms. The first-order valence-corrected chi connectivity index (χ1v) is 7.34. The molecule has 0 heterocycles. The van der Waals surface area contributed by atoms with Gasteiger partial charge < -0.3 is 10.5 Å². The fraction of sp³-hybridized carbons (Fsp3) is 0.0769. The van der Waals surface area contributed by atoms with Crippen LogP contribution in [0.25, 0.3) is 0 Å². The first-order valence-electron chi connectivity index (χ1n) is 5.86. The highest BCUT2D eigenvalue weighted by atomic mass is 32.2. The molecule has 2 rings (SSSR count). The minimum absolute atomic E-state index is 0.142. The number of sulfonamides is 1. The molecule has 2 aromatic rings. The number of benzene rings is 2. The van der Waals surface area contributed by atoms with Crippen LogP contribution in [0.2, 0.25) is 0 Å². The van der Waals surface area contributed by atoms with Gasteiger partial charge in [0.1, 0.15) is 11.5 Å². The summed E-state index contributed by atoms with van der Waals surface area (Å²) in [6.45, 7) is 0. The van der Waals surface area contributed by atoms with Crippen LogP contribution in [0.1, 0.15) is 0 Å². The third-order valence-corrected chi connectivity index (χ3v) is 4.17. The van der Waals surface area contributed by atoms with Gasteiger partial charge in [0, 0.05) is 0 Å². The Hall–Kier alpha value is -2.42. The maximum absolute atomic E-state index is 13.7. The summed E-state index contributed by atoms with van der Waals surface area (Å²) in [4.78, 5) is -0.451. The highest BCUT2D eigenvalue weighted by Gasteiger charge is 2.20. The van der Waals surface area contributed by atoms with Crippen LogP contribution in [0.5, 0.6) is 5.75 Å². The van der Waals surface area contributed by atoms with Crippen molar-refractivity contribution >= 4 is 21.4 Å². The minimum Gasteiger partial charge on any atom is -0.494 e. The molecule has 0 saturated carbocycles. The number of anilines is 2. The summed E-state index contributed by atoms with van der Waals surface area (Å²) < 4.78 is 71.0. The lowest BCUT2D eigenvalue weighted by molar-refractivity contribution is 0.385. The van der Waals surface area contributed by atoms with Crippen LogP contribution in [-0.2, 0) is 10.0 Å². The largest absolute Gasteiger partial charge is 0.494 e.